The molecule has 0 spiro atoms. The number of nitrogens with zero attached hydrogens (tertiary/aromatic N) is 2. The average molecular weight is 230 g/mol. The minimum atomic E-state index is 0.448. The van der Waals surface area contributed by atoms with Gasteiger partial charge in [0.15, 0.2) is 4.34 Å². The van der Waals surface area contributed by atoms with Gasteiger partial charge in [0.2, 0.25) is 0 Å². The Kier molecular flexibility index (Phi) is 4.89. The third kappa shape index (κ3) is 3.58. The molecule has 0 aliphatic rings. The van der Waals surface area contributed by atoms with Gasteiger partial charge < -0.3 is 0 Å². The van der Waals surface area contributed by atoms with Crippen molar-refractivity contribution in [3.63, 3.8) is 0 Å². The molecular weight excluding hydrogens is 212 g/mol. The molecule has 0 aliphatic carbocycles. The van der Waals surface area contributed by atoms with Crippen LogP contribution < -0.4 is 0 Å². The molecule has 0 radical (unpaired) electrons. The van der Waals surface area contributed by atoms with Crippen LogP contribution in [-0.4, -0.2) is 15.1 Å². The zero-order valence-corrected chi connectivity index (χ0v) is 10.9. The SMILES string of the molecule is CCC(C)CSc1nc(C(C)C)ns1. The fraction of sp³-hybridized carbons (Fsp3) is 0.800. The van der Waals surface area contributed by atoms with Crippen LogP contribution in [0.1, 0.15) is 45.9 Å². The molecule has 0 fully saturated rings. The summed E-state index contributed by atoms with van der Waals surface area (Å²) in [7, 11) is 0. The van der Waals surface area contributed by atoms with Crippen LogP contribution in [0.2, 0.25) is 0 Å². The predicted molar refractivity (Wildman–Crippen MR) is 64.2 cm³/mol. The van der Waals surface area contributed by atoms with E-state index in [4.69, 9.17) is 0 Å². The van der Waals surface area contributed by atoms with Crippen molar-refractivity contribution in [3.05, 3.63) is 5.82 Å². The van der Waals surface area contributed by atoms with Crippen molar-refractivity contribution in [2.45, 2.75) is 44.4 Å². The predicted octanol–water partition coefficient (Wildman–Crippen LogP) is 3.80. The third-order valence-electron chi connectivity index (χ3n) is 2.13. The maximum absolute atomic E-state index is 4.49. The Labute approximate surface area is 94.7 Å². The topological polar surface area (TPSA) is 25.8 Å². The highest BCUT2D eigenvalue weighted by molar-refractivity contribution is 8.00. The molecule has 0 aromatic carbocycles. The molecule has 1 aromatic heterocycles. The molecule has 1 heterocycles. The van der Waals surface area contributed by atoms with Crippen LogP contribution in [0.3, 0.4) is 0 Å². The second kappa shape index (κ2) is 5.71. The van der Waals surface area contributed by atoms with E-state index in [1.165, 1.54) is 18.0 Å². The zero-order chi connectivity index (χ0) is 10.6. The van der Waals surface area contributed by atoms with Crippen LogP contribution in [0, 0.1) is 5.92 Å². The molecule has 4 heteroatoms. The van der Waals surface area contributed by atoms with Crippen LogP contribution in [0.25, 0.3) is 0 Å². The highest BCUT2D eigenvalue weighted by Gasteiger charge is 2.08. The summed E-state index contributed by atoms with van der Waals surface area (Å²) >= 11 is 3.37. The third-order valence-corrected chi connectivity index (χ3v) is 4.30. The smallest absolute Gasteiger partial charge is 0.170 e. The summed E-state index contributed by atoms with van der Waals surface area (Å²) in [4.78, 5) is 4.49. The molecule has 1 aromatic rings. The number of aromatic nitrogens is 2. The second-order valence-electron chi connectivity index (χ2n) is 3.90. The lowest BCUT2D eigenvalue weighted by atomic mass is 10.2. The Morgan fingerprint density at radius 1 is 1.36 bits per heavy atom. The number of hydrogen-bond donors (Lipinski definition) is 0. The van der Waals surface area contributed by atoms with Gasteiger partial charge in [-0.3, -0.25) is 0 Å². The van der Waals surface area contributed by atoms with Crippen LogP contribution in [0.4, 0.5) is 0 Å². The minimum absolute atomic E-state index is 0.448. The van der Waals surface area contributed by atoms with Gasteiger partial charge in [-0.25, -0.2) is 4.98 Å². The van der Waals surface area contributed by atoms with Gasteiger partial charge in [-0.1, -0.05) is 45.9 Å². The van der Waals surface area contributed by atoms with Crippen molar-refractivity contribution in [1.82, 2.24) is 9.36 Å². The van der Waals surface area contributed by atoms with Crippen molar-refractivity contribution in [2.75, 3.05) is 5.75 Å². The van der Waals surface area contributed by atoms with E-state index >= 15 is 0 Å². The van der Waals surface area contributed by atoms with Gasteiger partial charge in [-0.05, 0) is 17.5 Å². The lowest BCUT2D eigenvalue weighted by Gasteiger charge is -2.04. The van der Waals surface area contributed by atoms with Gasteiger partial charge in [0.25, 0.3) is 0 Å². The van der Waals surface area contributed by atoms with Gasteiger partial charge in [0.05, 0.1) is 0 Å². The second-order valence-corrected chi connectivity index (χ2v) is 5.92. The van der Waals surface area contributed by atoms with Gasteiger partial charge in [-0.2, -0.15) is 4.37 Å². The summed E-state index contributed by atoms with van der Waals surface area (Å²) in [6.07, 6.45) is 1.24. The highest BCUT2D eigenvalue weighted by atomic mass is 32.2. The van der Waals surface area contributed by atoms with E-state index in [1.807, 2.05) is 11.8 Å². The maximum Gasteiger partial charge on any atom is 0.170 e. The van der Waals surface area contributed by atoms with E-state index in [0.717, 1.165) is 21.8 Å². The maximum atomic E-state index is 4.49. The highest BCUT2D eigenvalue weighted by Crippen LogP contribution is 2.25. The number of rotatable bonds is 5. The first kappa shape index (κ1) is 12.0. The lowest BCUT2D eigenvalue weighted by Crippen LogP contribution is -1.95. The van der Waals surface area contributed by atoms with Gasteiger partial charge in [0.1, 0.15) is 5.82 Å². The fourth-order valence-electron chi connectivity index (χ4n) is 0.845. The average Bonchev–Trinajstić information content (AvgIpc) is 2.62. The molecular formula is C10H18N2S2. The number of hydrogen-bond acceptors (Lipinski definition) is 4. The van der Waals surface area contributed by atoms with Crippen molar-refractivity contribution >= 4 is 23.3 Å². The monoisotopic (exact) mass is 230 g/mol. The first-order valence-corrected chi connectivity index (χ1v) is 6.85. The van der Waals surface area contributed by atoms with Crippen molar-refractivity contribution < 1.29 is 0 Å². The van der Waals surface area contributed by atoms with Gasteiger partial charge in [0, 0.05) is 11.7 Å². The standard InChI is InChI=1S/C10H18N2S2/c1-5-8(4)6-13-10-11-9(7(2)3)12-14-10/h7-8H,5-6H2,1-4H3. The molecule has 0 saturated heterocycles. The van der Waals surface area contributed by atoms with E-state index in [1.54, 1.807) is 0 Å². The van der Waals surface area contributed by atoms with E-state index in [2.05, 4.69) is 37.1 Å². The molecule has 0 saturated carbocycles. The molecule has 0 bridgehead atoms. The normalized spacial score (nSPS) is 13.5. The molecule has 80 valence electrons. The molecule has 1 rings (SSSR count). The van der Waals surface area contributed by atoms with Crippen LogP contribution in [-0.2, 0) is 0 Å². The van der Waals surface area contributed by atoms with E-state index in [0.29, 0.717) is 5.92 Å². The van der Waals surface area contributed by atoms with Crippen molar-refractivity contribution in [3.8, 4) is 0 Å². The van der Waals surface area contributed by atoms with E-state index in [-0.39, 0.29) is 0 Å². The van der Waals surface area contributed by atoms with Crippen molar-refractivity contribution in [1.29, 1.82) is 0 Å². The minimum Gasteiger partial charge on any atom is -0.213 e. The summed E-state index contributed by atoms with van der Waals surface area (Å²) in [5.41, 5.74) is 0. The largest absolute Gasteiger partial charge is 0.213 e. The van der Waals surface area contributed by atoms with Gasteiger partial charge in [-0.15, -0.1) is 0 Å². The summed E-state index contributed by atoms with van der Waals surface area (Å²) < 4.78 is 5.45. The Morgan fingerprint density at radius 2 is 2.07 bits per heavy atom. The Bertz CT molecular complexity index is 271. The molecule has 14 heavy (non-hydrogen) atoms. The van der Waals surface area contributed by atoms with E-state index in [9.17, 15) is 0 Å². The Hall–Kier alpha value is -0.0900. The van der Waals surface area contributed by atoms with Gasteiger partial charge >= 0.3 is 0 Å². The molecule has 0 aliphatic heterocycles. The molecule has 0 amide bonds. The van der Waals surface area contributed by atoms with Crippen LogP contribution in [0.5, 0.6) is 0 Å². The first-order chi connectivity index (χ1) is 6.63. The molecule has 2 nitrogen and oxygen atoms in total. The molecule has 1 atom stereocenters. The summed E-state index contributed by atoms with van der Waals surface area (Å²) in [6, 6.07) is 0. The van der Waals surface area contributed by atoms with Crippen molar-refractivity contribution in [2.24, 2.45) is 5.92 Å². The molecule has 1 unspecified atom stereocenters. The number of thioether (sulfide) groups is 1. The molecule has 0 N–H and O–H groups in total. The van der Waals surface area contributed by atoms with Crippen LogP contribution >= 0.6 is 23.3 Å². The Morgan fingerprint density at radius 3 is 2.57 bits per heavy atom. The quantitative estimate of drug-likeness (QED) is 0.720. The first-order valence-electron chi connectivity index (χ1n) is 5.09. The lowest BCUT2D eigenvalue weighted by molar-refractivity contribution is 0.636. The Balaban J connectivity index is 2.44. The summed E-state index contributed by atoms with van der Waals surface area (Å²) in [5, 5.41) is 0. The fourth-order valence-corrected chi connectivity index (χ4v) is 2.75. The van der Waals surface area contributed by atoms with E-state index < -0.39 is 0 Å². The van der Waals surface area contributed by atoms with Crippen LogP contribution in [0.15, 0.2) is 4.34 Å². The summed E-state index contributed by atoms with van der Waals surface area (Å²) in [6.45, 7) is 8.76. The zero-order valence-electron chi connectivity index (χ0n) is 9.28. The summed E-state index contributed by atoms with van der Waals surface area (Å²) in [5.74, 6) is 3.36.